The lowest BCUT2D eigenvalue weighted by molar-refractivity contribution is -0.144. The number of ether oxygens (including phenoxy) is 1. The van der Waals surface area contributed by atoms with Crippen LogP contribution in [0.2, 0.25) is 0 Å². The first kappa shape index (κ1) is 17.2. The largest absolute Gasteiger partial charge is 0.372 e. The molecule has 2 fully saturated rings. The lowest BCUT2D eigenvalue weighted by atomic mass is 9.96. The molecule has 2 amide bonds. The second kappa shape index (κ2) is 7.92. The number of morpholine rings is 1. The summed E-state index contributed by atoms with van der Waals surface area (Å²) in [6.07, 6.45) is 1.90. The van der Waals surface area contributed by atoms with Crippen molar-refractivity contribution in [3.63, 3.8) is 0 Å². The molecule has 0 spiro atoms. The van der Waals surface area contributed by atoms with Crippen molar-refractivity contribution in [1.29, 1.82) is 0 Å². The minimum Gasteiger partial charge on any atom is -0.372 e. The van der Waals surface area contributed by atoms with E-state index in [-0.39, 0.29) is 29.9 Å². The van der Waals surface area contributed by atoms with Crippen LogP contribution in [0.1, 0.15) is 33.6 Å². The summed E-state index contributed by atoms with van der Waals surface area (Å²) in [4.78, 5) is 28.3. The van der Waals surface area contributed by atoms with Gasteiger partial charge in [-0.3, -0.25) is 14.5 Å². The van der Waals surface area contributed by atoms with Crippen LogP contribution < -0.4 is 5.32 Å². The van der Waals surface area contributed by atoms with Crippen molar-refractivity contribution >= 4 is 11.8 Å². The maximum Gasteiger partial charge on any atom is 0.236 e. The van der Waals surface area contributed by atoms with E-state index in [1.165, 1.54) is 0 Å². The standard InChI is InChI=1S/C16H29N3O3/c1-4-17-16(21)14-5-7-18(8-6-14)11-15(20)19-9-12(2)22-13(3)10-19/h12-14H,4-11H2,1-3H3,(H,17,21). The Kier molecular flexibility index (Phi) is 6.20. The van der Waals surface area contributed by atoms with E-state index in [0.717, 1.165) is 25.9 Å². The highest BCUT2D eigenvalue weighted by molar-refractivity contribution is 5.79. The molecule has 2 aliphatic rings. The van der Waals surface area contributed by atoms with Gasteiger partial charge in [0.25, 0.3) is 0 Å². The molecule has 126 valence electrons. The van der Waals surface area contributed by atoms with Crippen molar-refractivity contribution in [3.8, 4) is 0 Å². The average molecular weight is 311 g/mol. The van der Waals surface area contributed by atoms with Gasteiger partial charge in [0.1, 0.15) is 0 Å². The van der Waals surface area contributed by atoms with E-state index in [1.807, 2.05) is 25.7 Å². The SMILES string of the molecule is CCNC(=O)C1CCN(CC(=O)N2CC(C)OC(C)C2)CC1. The van der Waals surface area contributed by atoms with Gasteiger partial charge in [-0.15, -0.1) is 0 Å². The van der Waals surface area contributed by atoms with Gasteiger partial charge in [-0.25, -0.2) is 0 Å². The van der Waals surface area contributed by atoms with Crippen LogP contribution in [-0.2, 0) is 14.3 Å². The predicted octanol–water partition coefficient (Wildman–Crippen LogP) is 0.470. The fourth-order valence-corrected chi connectivity index (χ4v) is 3.34. The van der Waals surface area contributed by atoms with Crippen molar-refractivity contribution in [1.82, 2.24) is 15.1 Å². The number of likely N-dealkylation sites (tertiary alicyclic amines) is 1. The highest BCUT2D eigenvalue weighted by atomic mass is 16.5. The summed E-state index contributed by atoms with van der Waals surface area (Å²) in [5, 5.41) is 2.89. The molecule has 0 bridgehead atoms. The van der Waals surface area contributed by atoms with Gasteiger partial charge in [0.2, 0.25) is 11.8 Å². The molecule has 2 unspecified atom stereocenters. The molecule has 0 aliphatic carbocycles. The maximum atomic E-state index is 12.4. The summed E-state index contributed by atoms with van der Waals surface area (Å²) in [7, 11) is 0. The van der Waals surface area contributed by atoms with Crippen LogP contribution in [0.5, 0.6) is 0 Å². The Morgan fingerprint density at radius 3 is 2.27 bits per heavy atom. The average Bonchev–Trinajstić information content (AvgIpc) is 2.47. The number of carbonyl (C=O) groups excluding carboxylic acids is 2. The fraction of sp³-hybridized carbons (Fsp3) is 0.875. The zero-order valence-electron chi connectivity index (χ0n) is 14.0. The molecule has 2 aliphatic heterocycles. The van der Waals surface area contributed by atoms with E-state index in [0.29, 0.717) is 26.2 Å². The molecule has 2 atom stereocenters. The monoisotopic (exact) mass is 311 g/mol. The van der Waals surface area contributed by atoms with E-state index >= 15 is 0 Å². The number of hydrogen-bond donors (Lipinski definition) is 1. The Balaban J connectivity index is 1.76. The predicted molar refractivity (Wildman–Crippen MR) is 84.4 cm³/mol. The molecule has 2 saturated heterocycles. The number of amides is 2. The van der Waals surface area contributed by atoms with Crippen molar-refractivity contribution in [2.45, 2.75) is 45.8 Å². The number of carbonyl (C=O) groups is 2. The first-order valence-corrected chi connectivity index (χ1v) is 8.42. The minimum absolute atomic E-state index is 0.106. The Morgan fingerprint density at radius 2 is 1.73 bits per heavy atom. The van der Waals surface area contributed by atoms with E-state index < -0.39 is 0 Å². The van der Waals surface area contributed by atoms with Crippen LogP contribution in [0.15, 0.2) is 0 Å². The van der Waals surface area contributed by atoms with Gasteiger partial charge in [0.05, 0.1) is 18.8 Å². The maximum absolute atomic E-state index is 12.4. The van der Waals surface area contributed by atoms with Crippen LogP contribution in [0.4, 0.5) is 0 Å². The molecule has 2 rings (SSSR count). The third-order valence-electron chi connectivity index (χ3n) is 4.44. The molecule has 0 saturated carbocycles. The zero-order chi connectivity index (χ0) is 16.1. The Hall–Kier alpha value is -1.14. The van der Waals surface area contributed by atoms with Crippen LogP contribution in [0, 0.1) is 5.92 Å². The summed E-state index contributed by atoms with van der Waals surface area (Å²) in [5.74, 6) is 0.442. The number of hydrogen-bond acceptors (Lipinski definition) is 4. The molecular weight excluding hydrogens is 282 g/mol. The first-order chi connectivity index (χ1) is 10.5. The Bertz CT molecular complexity index is 384. The normalized spacial score (nSPS) is 27.7. The number of piperidine rings is 1. The van der Waals surface area contributed by atoms with Gasteiger partial charge in [-0.2, -0.15) is 0 Å². The molecule has 2 heterocycles. The zero-order valence-corrected chi connectivity index (χ0v) is 14.0. The second-order valence-corrected chi connectivity index (χ2v) is 6.50. The van der Waals surface area contributed by atoms with Crippen LogP contribution >= 0.6 is 0 Å². The van der Waals surface area contributed by atoms with E-state index in [4.69, 9.17) is 4.74 Å². The summed E-state index contributed by atoms with van der Waals surface area (Å²) < 4.78 is 5.67. The third-order valence-corrected chi connectivity index (χ3v) is 4.44. The summed E-state index contributed by atoms with van der Waals surface area (Å²) >= 11 is 0. The number of rotatable bonds is 4. The van der Waals surface area contributed by atoms with Gasteiger partial charge in [0, 0.05) is 25.6 Å². The van der Waals surface area contributed by atoms with Crippen LogP contribution in [0.25, 0.3) is 0 Å². The van der Waals surface area contributed by atoms with Gasteiger partial charge >= 0.3 is 0 Å². The number of nitrogens with zero attached hydrogens (tertiary/aromatic N) is 2. The first-order valence-electron chi connectivity index (χ1n) is 8.42. The summed E-state index contributed by atoms with van der Waals surface area (Å²) in [6.45, 7) is 10.1. The van der Waals surface area contributed by atoms with Gasteiger partial charge in [0.15, 0.2) is 0 Å². The van der Waals surface area contributed by atoms with Crippen molar-refractivity contribution in [2.75, 3.05) is 39.3 Å². The Morgan fingerprint density at radius 1 is 1.14 bits per heavy atom. The molecule has 6 heteroatoms. The smallest absolute Gasteiger partial charge is 0.236 e. The van der Waals surface area contributed by atoms with Gasteiger partial charge in [-0.1, -0.05) is 0 Å². The molecule has 0 aromatic carbocycles. The number of nitrogens with one attached hydrogen (secondary N) is 1. The molecule has 0 aromatic heterocycles. The molecule has 0 aromatic rings. The topological polar surface area (TPSA) is 61.9 Å². The summed E-state index contributed by atoms with van der Waals surface area (Å²) in [5.41, 5.74) is 0. The lowest BCUT2D eigenvalue weighted by Gasteiger charge is -2.37. The van der Waals surface area contributed by atoms with E-state index in [2.05, 4.69) is 10.2 Å². The lowest BCUT2D eigenvalue weighted by Crippen LogP contribution is -2.52. The molecule has 1 N–H and O–H groups in total. The molecule has 6 nitrogen and oxygen atoms in total. The van der Waals surface area contributed by atoms with E-state index in [9.17, 15) is 9.59 Å². The fourth-order valence-electron chi connectivity index (χ4n) is 3.34. The second-order valence-electron chi connectivity index (χ2n) is 6.50. The van der Waals surface area contributed by atoms with E-state index in [1.54, 1.807) is 0 Å². The highest BCUT2D eigenvalue weighted by Crippen LogP contribution is 2.18. The Labute approximate surface area is 133 Å². The van der Waals surface area contributed by atoms with Crippen LogP contribution in [0.3, 0.4) is 0 Å². The quantitative estimate of drug-likeness (QED) is 0.820. The molecular formula is C16H29N3O3. The highest BCUT2D eigenvalue weighted by Gasteiger charge is 2.29. The van der Waals surface area contributed by atoms with Gasteiger partial charge in [-0.05, 0) is 46.7 Å². The minimum atomic E-state index is 0.106. The third kappa shape index (κ3) is 4.68. The van der Waals surface area contributed by atoms with Crippen molar-refractivity contribution < 1.29 is 14.3 Å². The summed E-state index contributed by atoms with van der Waals surface area (Å²) in [6, 6.07) is 0. The molecule has 22 heavy (non-hydrogen) atoms. The van der Waals surface area contributed by atoms with Crippen LogP contribution in [-0.4, -0.2) is 73.1 Å². The molecule has 0 radical (unpaired) electrons. The van der Waals surface area contributed by atoms with Crippen molar-refractivity contribution in [3.05, 3.63) is 0 Å². The van der Waals surface area contributed by atoms with Gasteiger partial charge < -0.3 is 15.0 Å². The van der Waals surface area contributed by atoms with Crippen molar-refractivity contribution in [2.24, 2.45) is 5.92 Å².